The highest BCUT2D eigenvalue weighted by atomic mass is 35.5. The molecule has 0 bridgehead atoms. The van der Waals surface area contributed by atoms with Crippen molar-refractivity contribution < 1.29 is 13.2 Å². The van der Waals surface area contributed by atoms with Gasteiger partial charge < -0.3 is 4.74 Å². The van der Waals surface area contributed by atoms with Crippen LogP contribution in [0.1, 0.15) is 26.7 Å². The summed E-state index contributed by atoms with van der Waals surface area (Å²) in [5, 5.41) is 0. The van der Waals surface area contributed by atoms with E-state index in [4.69, 9.17) is 16.3 Å². The lowest BCUT2D eigenvalue weighted by atomic mass is 10.3. The number of ether oxygens (including phenoxy) is 1. The molecular formula is C14H22ClNO3S. The maximum absolute atomic E-state index is 12.4. The Kier molecular flexibility index (Phi) is 6.79. The zero-order valence-electron chi connectivity index (χ0n) is 12.2. The van der Waals surface area contributed by atoms with Gasteiger partial charge in [0.25, 0.3) is 0 Å². The van der Waals surface area contributed by atoms with Crippen molar-refractivity contribution in [1.82, 2.24) is 4.31 Å². The molecular weight excluding hydrogens is 298 g/mol. The molecule has 1 atom stereocenters. The normalized spacial score (nSPS) is 13.4. The molecule has 0 aliphatic heterocycles. The number of alkyl halides is 1. The minimum absolute atomic E-state index is 0.0281. The van der Waals surface area contributed by atoms with E-state index in [1.807, 2.05) is 13.8 Å². The van der Waals surface area contributed by atoms with Crippen molar-refractivity contribution in [3.8, 4) is 5.75 Å². The first-order valence-corrected chi connectivity index (χ1v) is 8.67. The summed E-state index contributed by atoms with van der Waals surface area (Å²) in [7, 11) is -1.83. The van der Waals surface area contributed by atoms with Gasteiger partial charge in [0.05, 0.1) is 11.5 Å². The molecule has 0 heterocycles. The summed E-state index contributed by atoms with van der Waals surface area (Å²) in [5.74, 6) is 1.20. The Morgan fingerprint density at radius 3 is 2.40 bits per heavy atom. The summed E-state index contributed by atoms with van der Waals surface area (Å²) >= 11 is 5.57. The number of sulfonamides is 1. The van der Waals surface area contributed by atoms with Gasteiger partial charge in [-0.15, -0.1) is 11.6 Å². The Bertz CT molecular complexity index is 502. The summed E-state index contributed by atoms with van der Waals surface area (Å²) < 4.78 is 31.6. The van der Waals surface area contributed by atoms with E-state index in [0.29, 0.717) is 18.2 Å². The average Bonchev–Trinajstić information content (AvgIpc) is 2.46. The Labute approximate surface area is 126 Å². The summed E-state index contributed by atoms with van der Waals surface area (Å²) in [6.45, 7) is 4.38. The van der Waals surface area contributed by atoms with Crippen molar-refractivity contribution in [3.63, 3.8) is 0 Å². The minimum Gasteiger partial charge on any atom is -0.494 e. The van der Waals surface area contributed by atoms with Crippen molar-refractivity contribution in [3.05, 3.63) is 24.3 Å². The molecule has 0 N–H and O–H groups in total. The standard InChI is InChI=1S/C14H22ClNO3S/c1-4-12(2)16(3)20(17,18)14-8-6-13(7-9-14)19-11-5-10-15/h6-9,12H,4-5,10-11H2,1-3H3. The monoisotopic (exact) mass is 319 g/mol. The van der Waals surface area contributed by atoms with Crippen molar-refractivity contribution >= 4 is 21.6 Å². The molecule has 20 heavy (non-hydrogen) atoms. The highest BCUT2D eigenvalue weighted by molar-refractivity contribution is 7.89. The molecule has 114 valence electrons. The van der Waals surface area contributed by atoms with Crippen LogP contribution in [0.2, 0.25) is 0 Å². The van der Waals surface area contributed by atoms with Gasteiger partial charge in [-0.2, -0.15) is 4.31 Å². The van der Waals surface area contributed by atoms with E-state index in [1.165, 1.54) is 4.31 Å². The molecule has 0 radical (unpaired) electrons. The second-order valence-corrected chi connectivity index (χ2v) is 7.02. The van der Waals surface area contributed by atoms with E-state index in [0.717, 1.165) is 12.8 Å². The van der Waals surface area contributed by atoms with Crippen LogP contribution in [0.5, 0.6) is 5.75 Å². The number of benzene rings is 1. The van der Waals surface area contributed by atoms with Crippen LogP contribution in [-0.2, 0) is 10.0 Å². The zero-order chi connectivity index (χ0) is 15.2. The van der Waals surface area contributed by atoms with Gasteiger partial charge in [0, 0.05) is 19.0 Å². The summed E-state index contributed by atoms with van der Waals surface area (Å²) in [6, 6.07) is 6.46. The smallest absolute Gasteiger partial charge is 0.243 e. The van der Waals surface area contributed by atoms with Crippen LogP contribution < -0.4 is 4.74 Å². The van der Waals surface area contributed by atoms with Crippen molar-refractivity contribution in [2.24, 2.45) is 0 Å². The van der Waals surface area contributed by atoms with Gasteiger partial charge in [-0.3, -0.25) is 0 Å². The Morgan fingerprint density at radius 2 is 1.90 bits per heavy atom. The number of rotatable bonds is 8. The molecule has 0 aromatic heterocycles. The van der Waals surface area contributed by atoms with E-state index in [9.17, 15) is 8.42 Å². The van der Waals surface area contributed by atoms with Crippen molar-refractivity contribution in [1.29, 1.82) is 0 Å². The Hall–Kier alpha value is -0.780. The van der Waals surface area contributed by atoms with Crippen molar-refractivity contribution in [2.45, 2.75) is 37.6 Å². The fourth-order valence-corrected chi connectivity index (χ4v) is 3.16. The third-order valence-corrected chi connectivity index (χ3v) is 5.51. The van der Waals surface area contributed by atoms with Crippen LogP contribution in [0.25, 0.3) is 0 Å². The molecule has 0 saturated carbocycles. The van der Waals surface area contributed by atoms with Crippen LogP contribution in [0.4, 0.5) is 0 Å². The lowest BCUT2D eigenvalue weighted by Crippen LogP contribution is -2.34. The average molecular weight is 320 g/mol. The number of halogens is 1. The zero-order valence-corrected chi connectivity index (χ0v) is 13.7. The largest absolute Gasteiger partial charge is 0.494 e. The summed E-state index contributed by atoms with van der Waals surface area (Å²) in [5.41, 5.74) is 0. The van der Waals surface area contributed by atoms with E-state index < -0.39 is 10.0 Å². The minimum atomic E-state index is -3.44. The lowest BCUT2D eigenvalue weighted by Gasteiger charge is -2.23. The van der Waals surface area contributed by atoms with Crippen LogP contribution in [0.15, 0.2) is 29.2 Å². The third kappa shape index (κ3) is 4.36. The van der Waals surface area contributed by atoms with Gasteiger partial charge in [0.1, 0.15) is 5.75 Å². The first-order valence-electron chi connectivity index (χ1n) is 6.70. The van der Waals surface area contributed by atoms with E-state index in [2.05, 4.69) is 0 Å². The Balaban J connectivity index is 2.81. The number of nitrogens with zero attached hydrogens (tertiary/aromatic N) is 1. The molecule has 0 fully saturated rings. The van der Waals surface area contributed by atoms with Gasteiger partial charge in [-0.1, -0.05) is 6.92 Å². The fourth-order valence-electron chi connectivity index (χ4n) is 1.61. The summed E-state index contributed by atoms with van der Waals surface area (Å²) in [6.07, 6.45) is 1.54. The maximum Gasteiger partial charge on any atom is 0.243 e. The lowest BCUT2D eigenvalue weighted by molar-refractivity contribution is 0.318. The van der Waals surface area contributed by atoms with Crippen LogP contribution in [0, 0.1) is 0 Å². The molecule has 0 spiro atoms. The van der Waals surface area contributed by atoms with E-state index in [1.54, 1.807) is 31.3 Å². The SMILES string of the molecule is CCC(C)N(C)S(=O)(=O)c1ccc(OCCCCl)cc1. The third-order valence-electron chi connectivity index (χ3n) is 3.26. The highest BCUT2D eigenvalue weighted by Crippen LogP contribution is 2.21. The molecule has 6 heteroatoms. The molecule has 1 unspecified atom stereocenters. The molecule has 0 aliphatic rings. The summed E-state index contributed by atoms with van der Waals surface area (Å²) in [4.78, 5) is 0.282. The fraction of sp³-hybridized carbons (Fsp3) is 0.571. The first kappa shape index (κ1) is 17.3. The predicted octanol–water partition coefficient (Wildman–Crippen LogP) is 3.11. The van der Waals surface area contributed by atoms with Crippen molar-refractivity contribution in [2.75, 3.05) is 19.5 Å². The van der Waals surface area contributed by atoms with Gasteiger partial charge in [-0.25, -0.2) is 8.42 Å². The van der Waals surface area contributed by atoms with Crippen LogP contribution in [0.3, 0.4) is 0 Å². The molecule has 0 saturated heterocycles. The molecule has 1 aromatic rings. The number of hydrogen-bond donors (Lipinski definition) is 0. The predicted molar refractivity (Wildman–Crippen MR) is 82.0 cm³/mol. The first-order chi connectivity index (χ1) is 9.43. The van der Waals surface area contributed by atoms with Gasteiger partial charge in [0.2, 0.25) is 10.0 Å². The molecule has 1 aromatic carbocycles. The van der Waals surface area contributed by atoms with E-state index in [-0.39, 0.29) is 10.9 Å². The molecule has 0 aliphatic carbocycles. The highest BCUT2D eigenvalue weighted by Gasteiger charge is 2.24. The quantitative estimate of drug-likeness (QED) is 0.546. The van der Waals surface area contributed by atoms with Gasteiger partial charge in [-0.05, 0) is 44.0 Å². The number of hydrogen-bond acceptors (Lipinski definition) is 3. The second-order valence-electron chi connectivity index (χ2n) is 4.64. The second kappa shape index (κ2) is 7.86. The van der Waals surface area contributed by atoms with E-state index >= 15 is 0 Å². The van der Waals surface area contributed by atoms with Gasteiger partial charge >= 0.3 is 0 Å². The molecule has 1 rings (SSSR count). The molecule has 0 amide bonds. The topological polar surface area (TPSA) is 46.6 Å². The maximum atomic E-state index is 12.4. The van der Waals surface area contributed by atoms with Crippen LogP contribution >= 0.6 is 11.6 Å². The Morgan fingerprint density at radius 1 is 1.30 bits per heavy atom. The van der Waals surface area contributed by atoms with Crippen LogP contribution in [-0.4, -0.2) is 38.3 Å². The molecule has 4 nitrogen and oxygen atoms in total. The van der Waals surface area contributed by atoms with Gasteiger partial charge in [0.15, 0.2) is 0 Å².